The second-order valence-corrected chi connectivity index (χ2v) is 4.51. The summed E-state index contributed by atoms with van der Waals surface area (Å²) in [7, 11) is 1.35. The number of esters is 1. The van der Waals surface area contributed by atoms with Gasteiger partial charge in [0.1, 0.15) is 6.10 Å². The van der Waals surface area contributed by atoms with Crippen molar-refractivity contribution in [3.05, 3.63) is 22.2 Å². The highest BCUT2D eigenvalue weighted by Crippen LogP contribution is 2.40. The van der Waals surface area contributed by atoms with E-state index in [1.54, 1.807) is 6.92 Å². The van der Waals surface area contributed by atoms with Crippen molar-refractivity contribution < 1.29 is 29.6 Å². The third-order valence-corrected chi connectivity index (χ3v) is 3.16. The third kappa shape index (κ3) is 3.37. The largest absolute Gasteiger partial charge is 0.504 e. The van der Waals surface area contributed by atoms with E-state index >= 15 is 0 Å². The number of phenolic OH excluding ortho intramolecular Hbond substituents is 1. The monoisotopic (exact) mass is 334 g/mol. The van der Waals surface area contributed by atoms with Gasteiger partial charge in [0.25, 0.3) is 0 Å². The normalized spacial score (nSPS) is 13.7. The Kier molecular flexibility index (Phi) is 5.59. The zero-order valence-electron chi connectivity index (χ0n) is 10.5. The predicted octanol–water partition coefficient (Wildman–Crippen LogP) is 1.12. The number of ether oxygens (including phenoxy) is 2. The number of hydrogen-bond donors (Lipinski definition) is 3. The van der Waals surface area contributed by atoms with Gasteiger partial charge in [-0.15, -0.1) is 0 Å². The zero-order valence-corrected chi connectivity index (χ0v) is 12.0. The lowest BCUT2D eigenvalue weighted by Crippen LogP contribution is -2.30. The van der Waals surface area contributed by atoms with Crippen molar-refractivity contribution in [3.63, 3.8) is 0 Å². The first kappa shape index (κ1) is 15.7. The van der Waals surface area contributed by atoms with Crippen LogP contribution >= 0.6 is 15.9 Å². The first-order valence-electron chi connectivity index (χ1n) is 5.52. The van der Waals surface area contributed by atoms with E-state index in [-0.39, 0.29) is 23.7 Å². The molecule has 0 aliphatic carbocycles. The van der Waals surface area contributed by atoms with Crippen LogP contribution in [0.2, 0.25) is 0 Å². The Morgan fingerprint density at radius 2 is 2.05 bits per heavy atom. The SMILES string of the molecule is CCOC(=O)C(O)C(O)c1c(Br)ccc(OC)c1O. The molecule has 0 aromatic heterocycles. The minimum absolute atomic E-state index is 0.0418. The van der Waals surface area contributed by atoms with Gasteiger partial charge in [0.15, 0.2) is 17.6 Å². The Balaban J connectivity index is 3.11. The van der Waals surface area contributed by atoms with Crippen molar-refractivity contribution in [2.24, 2.45) is 0 Å². The molecule has 0 bridgehead atoms. The van der Waals surface area contributed by atoms with E-state index in [4.69, 9.17) is 4.74 Å². The topological polar surface area (TPSA) is 96.2 Å². The fourth-order valence-corrected chi connectivity index (χ4v) is 2.08. The maximum absolute atomic E-state index is 11.4. The summed E-state index contributed by atoms with van der Waals surface area (Å²) in [6, 6.07) is 3.00. The third-order valence-electron chi connectivity index (χ3n) is 2.47. The summed E-state index contributed by atoms with van der Waals surface area (Å²) in [5.74, 6) is -1.20. The summed E-state index contributed by atoms with van der Waals surface area (Å²) >= 11 is 3.13. The lowest BCUT2D eigenvalue weighted by Gasteiger charge is -2.20. The summed E-state index contributed by atoms with van der Waals surface area (Å²) in [6.07, 6.45) is -3.43. The van der Waals surface area contributed by atoms with Gasteiger partial charge in [0, 0.05) is 10.0 Å². The van der Waals surface area contributed by atoms with Crippen LogP contribution in [0.5, 0.6) is 11.5 Å². The molecule has 0 amide bonds. The summed E-state index contributed by atoms with van der Waals surface area (Å²) in [5.41, 5.74) is -0.0418. The number of aromatic hydroxyl groups is 1. The van der Waals surface area contributed by atoms with Crippen LogP contribution in [0.15, 0.2) is 16.6 Å². The Labute approximate surface area is 118 Å². The minimum atomic E-state index is -1.80. The lowest BCUT2D eigenvalue weighted by molar-refractivity contribution is -0.159. The number of benzene rings is 1. The first-order chi connectivity index (χ1) is 8.93. The molecule has 0 heterocycles. The number of rotatable bonds is 5. The Morgan fingerprint density at radius 3 is 2.58 bits per heavy atom. The van der Waals surface area contributed by atoms with E-state index in [2.05, 4.69) is 20.7 Å². The van der Waals surface area contributed by atoms with Crippen molar-refractivity contribution >= 4 is 21.9 Å². The molecular formula is C12H15BrO6. The Hall–Kier alpha value is -1.31. The van der Waals surface area contributed by atoms with Crippen LogP contribution in [0.25, 0.3) is 0 Å². The quantitative estimate of drug-likeness (QED) is 0.698. The average Bonchev–Trinajstić information content (AvgIpc) is 2.38. The maximum atomic E-state index is 11.4. The highest BCUT2D eigenvalue weighted by Gasteiger charge is 2.31. The van der Waals surface area contributed by atoms with Gasteiger partial charge in [-0.2, -0.15) is 0 Å². The second kappa shape index (κ2) is 6.74. The molecule has 0 spiro atoms. The Bertz CT molecular complexity index is 462. The van der Waals surface area contributed by atoms with Crippen LogP contribution in [0.1, 0.15) is 18.6 Å². The number of halogens is 1. The van der Waals surface area contributed by atoms with Crippen molar-refractivity contribution in [1.82, 2.24) is 0 Å². The van der Waals surface area contributed by atoms with Crippen LogP contribution in [0.4, 0.5) is 0 Å². The van der Waals surface area contributed by atoms with Gasteiger partial charge in [0.05, 0.1) is 13.7 Å². The molecule has 106 valence electrons. The molecule has 1 aromatic carbocycles. The molecule has 6 nitrogen and oxygen atoms in total. The molecule has 2 atom stereocenters. The van der Waals surface area contributed by atoms with Gasteiger partial charge >= 0.3 is 5.97 Å². The molecule has 1 rings (SSSR count). The first-order valence-corrected chi connectivity index (χ1v) is 6.31. The van der Waals surface area contributed by atoms with E-state index in [0.717, 1.165) is 0 Å². The maximum Gasteiger partial charge on any atom is 0.338 e. The number of methoxy groups -OCH3 is 1. The molecule has 0 radical (unpaired) electrons. The molecule has 3 N–H and O–H groups in total. The molecule has 1 aromatic rings. The molecular weight excluding hydrogens is 320 g/mol. The molecule has 0 aliphatic rings. The molecule has 7 heteroatoms. The number of carbonyl (C=O) groups is 1. The van der Waals surface area contributed by atoms with E-state index < -0.39 is 18.2 Å². The van der Waals surface area contributed by atoms with Crippen LogP contribution in [-0.2, 0) is 9.53 Å². The predicted molar refractivity (Wildman–Crippen MR) is 70.0 cm³/mol. The Morgan fingerprint density at radius 1 is 1.42 bits per heavy atom. The molecule has 19 heavy (non-hydrogen) atoms. The molecule has 2 unspecified atom stereocenters. The van der Waals surface area contributed by atoms with Gasteiger partial charge in [-0.1, -0.05) is 15.9 Å². The highest BCUT2D eigenvalue weighted by atomic mass is 79.9. The number of aliphatic hydroxyl groups is 2. The van der Waals surface area contributed by atoms with E-state index in [9.17, 15) is 20.1 Å². The summed E-state index contributed by atoms with van der Waals surface area (Å²) < 4.78 is 9.84. The molecule has 0 saturated carbocycles. The summed E-state index contributed by atoms with van der Waals surface area (Å²) in [4.78, 5) is 11.4. The fourth-order valence-electron chi connectivity index (χ4n) is 1.52. The zero-order chi connectivity index (χ0) is 14.6. The standard InChI is InChI=1S/C12H15BrO6/c1-3-19-12(17)11(16)10(15)8-6(13)4-5-7(18-2)9(8)14/h4-5,10-11,14-16H,3H2,1-2H3. The van der Waals surface area contributed by atoms with Gasteiger partial charge in [0.2, 0.25) is 0 Å². The smallest absolute Gasteiger partial charge is 0.338 e. The van der Waals surface area contributed by atoms with Gasteiger partial charge in [-0.05, 0) is 19.1 Å². The van der Waals surface area contributed by atoms with Crippen LogP contribution in [-0.4, -0.2) is 41.1 Å². The lowest BCUT2D eigenvalue weighted by atomic mass is 10.0. The average molecular weight is 335 g/mol. The fraction of sp³-hybridized carbons (Fsp3) is 0.417. The second-order valence-electron chi connectivity index (χ2n) is 3.65. The van der Waals surface area contributed by atoms with Crippen molar-refractivity contribution in [2.45, 2.75) is 19.1 Å². The van der Waals surface area contributed by atoms with E-state index in [0.29, 0.717) is 4.47 Å². The molecule has 0 aliphatic heterocycles. The van der Waals surface area contributed by atoms with Crippen LogP contribution in [0.3, 0.4) is 0 Å². The van der Waals surface area contributed by atoms with Gasteiger partial charge in [-0.3, -0.25) is 0 Å². The summed E-state index contributed by atoms with van der Waals surface area (Å²) in [6.45, 7) is 1.66. The molecule has 0 saturated heterocycles. The number of phenols is 1. The van der Waals surface area contributed by atoms with Gasteiger partial charge < -0.3 is 24.8 Å². The van der Waals surface area contributed by atoms with Crippen LogP contribution in [0, 0.1) is 0 Å². The highest BCUT2D eigenvalue weighted by molar-refractivity contribution is 9.10. The van der Waals surface area contributed by atoms with Crippen molar-refractivity contribution in [1.29, 1.82) is 0 Å². The van der Waals surface area contributed by atoms with Gasteiger partial charge in [-0.25, -0.2) is 4.79 Å². The van der Waals surface area contributed by atoms with Crippen molar-refractivity contribution in [2.75, 3.05) is 13.7 Å². The number of hydrogen-bond acceptors (Lipinski definition) is 6. The van der Waals surface area contributed by atoms with Crippen molar-refractivity contribution in [3.8, 4) is 11.5 Å². The number of aliphatic hydroxyl groups excluding tert-OH is 2. The summed E-state index contributed by atoms with van der Waals surface area (Å²) in [5, 5.41) is 29.6. The van der Waals surface area contributed by atoms with E-state index in [1.807, 2.05) is 0 Å². The van der Waals surface area contributed by atoms with Crippen LogP contribution < -0.4 is 4.74 Å². The number of carbonyl (C=O) groups excluding carboxylic acids is 1. The molecule has 0 fully saturated rings. The minimum Gasteiger partial charge on any atom is -0.504 e. The van der Waals surface area contributed by atoms with E-state index in [1.165, 1.54) is 19.2 Å².